The predicted molar refractivity (Wildman–Crippen MR) is 80.1 cm³/mol. The molecule has 0 radical (unpaired) electrons. The van der Waals surface area contributed by atoms with Gasteiger partial charge in [0.25, 0.3) is 0 Å². The maximum atomic E-state index is 9.41. The van der Waals surface area contributed by atoms with Crippen LogP contribution in [0.15, 0.2) is 60.7 Å². The van der Waals surface area contributed by atoms with Gasteiger partial charge in [0, 0.05) is 0 Å². The van der Waals surface area contributed by atoms with E-state index in [0.29, 0.717) is 0 Å². The summed E-state index contributed by atoms with van der Waals surface area (Å²) in [6, 6.07) is 22.6. The molecule has 0 aromatic heterocycles. The van der Waals surface area contributed by atoms with Crippen molar-refractivity contribution in [2.24, 2.45) is 5.41 Å². The molecule has 0 aliphatic rings. The first-order valence-corrected chi connectivity index (χ1v) is 6.37. The van der Waals surface area contributed by atoms with Gasteiger partial charge in [-0.25, -0.2) is 0 Å². The Bertz CT molecular complexity index is 601. The Morgan fingerprint density at radius 2 is 1.47 bits per heavy atom. The molecule has 0 amide bonds. The summed E-state index contributed by atoms with van der Waals surface area (Å²) in [5.74, 6) is 0. The lowest BCUT2D eigenvalue weighted by Gasteiger charge is -2.20. The fourth-order valence-electron chi connectivity index (χ4n) is 2.02. The highest BCUT2D eigenvalue weighted by Gasteiger charge is 2.23. The van der Waals surface area contributed by atoms with Crippen LogP contribution in [0, 0.1) is 16.7 Å². The zero-order valence-corrected chi connectivity index (χ0v) is 11.3. The van der Waals surface area contributed by atoms with Crippen LogP contribution in [0.3, 0.4) is 0 Å². The van der Waals surface area contributed by atoms with Gasteiger partial charge in [-0.05, 0) is 36.6 Å². The topological polar surface area (TPSA) is 23.8 Å². The molecular formula is C18H17N. The lowest BCUT2D eigenvalue weighted by molar-refractivity contribution is 0.670. The number of hydrogen-bond acceptors (Lipinski definition) is 1. The third kappa shape index (κ3) is 3.11. The van der Waals surface area contributed by atoms with Gasteiger partial charge >= 0.3 is 0 Å². The zero-order chi connectivity index (χ0) is 13.7. The van der Waals surface area contributed by atoms with E-state index in [0.717, 1.165) is 16.7 Å². The number of nitriles is 1. The normalized spacial score (nSPS) is 11.9. The Kier molecular flexibility index (Phi) is 3.82. The van der Waals surface area contributed by atoms with Gasteiger partial charge in [-0.15, -0.1) is 0 Å². The van der Waals surface area contributed by atoms with Gasteiger partial charge in [0.05, 0.1) is 11.5 Å². The molecule has 0 aliphatic heterocycles. The summed E-state index contributed by atoms with van der Waals surface area (Å²) in [5.41, 5.74) is 2.74. The summed E-state index contributed by atoms with van der Waals surface area (Å²) in [6.45, 7) is 3.91. The minimum atomic E-state index is -0.517. The van der Waals surface area contributed by atoms with E-state index < -0.39 is 5.41 Å². The molecule has 2 aromatic rings. The summed E-state index contributed by atoms with van der Waals surface area (Å²) < 4.78 is 0. The number of rotatable bonds is 3. The maximum Gasteiger partial charge on any atom is 0.0772 e. The molecule has 94 valence electrons. The third-order valence-corrected chi connectivity index (χ3v) is 3.15. The highest BCUT2D eigenvalue weighted by molar-refractivity contribution is 5.85. The molecule has 0 bridgehead atoms. The fourth-order valence-corrected chi connectivity index (χ4v) is 2.02. The molecule has 0 spiro atoms. The van der Waals surface area contributed by atoms with Crippen LogP contribution in [0.4, 0.5) is 0 Å². The van der Waals surface area contributed by atoms with Crippen LogP contribution in [0.5, 0.6) is 0 Å². The molecule has 2 aromatic carbocycles. The van der Waals surface area contributed by atoms with Crippen molar-refractivity contribution in [2.75, 3.05) is 0 Å². The first kappa shape index (κ1) is 13.1. The molecule has 1 nitrogen and oxygen atoms in total. The van der Waals surface area contributed by atoms with E-state index in [-0.39, 0.29) is 0 Å². The smallest absolute Gasteiger partial charge is 0.0772 e. The molecule has 0 saturated heterocycles. The highest BCUT2D eigenvalue weighted by Crippen LogP contribution is 2.35. The lowest BCUT2D eigenvalue weighted by Crippen LogP contribution is -2.10. The lowest BCUT2D eigenvalue weighted by atomic mass is 9.80. The molecule has 0 atom stereocenters. The van der Waals surface area contributed by atoms with Crippen LogP contribution < -0.4 is 0 Å². The summed E-state index contributed by atoms with van der Waals surface area (Å²) >= 11 is 0. The largest absolute Gasteiger partial charge is 0.197 e. The molecule has 2 rings (SSSR count). The molecular weight excluding hydrogens is 230 g/mol. The van der Waals surface area contributed by atoms with Crippen molar-refractivity contribution in [3.05, 3.63) is 71.8 Å². The third-order valence-electron chi connectivity index (χ3n) is 3.15. The number of allylic oxidation sites excluding steroid dienone is 1. The monoisotopic (exact) mass is 247 g/mol. The number of nitrogens with zero attached hydrogens (tertiary/aromatic N) is 1. The van der Waals surface area contributed by atoms with E-state index in [1.54, 1.807) is 0 Å². The minimum Gasteiger partial charge on any atom is -0.197 e. The first-order chi connectivity index (χ1) is 9.13. The van der Waals surface area contributed by atoms with Crippen LogP contribution in [0.1, 0.15) is 25.0 Å². The minimum absolute atomic E-state index is 0.517. The standard InChI is InChI=1S/C18H17N/c1-18(2,14-19)17(16-11-7-4-8-12-16)13-15-9-5-3-6-10-15/h3-13H,1-2H3/b17-13-. The van der Waals surface area contributed by atoms with Crippen LogP contribution >= 0.6 is 0 Å². The molecule has 19 heavy (non-hydrogen) atoms. The van der Waals surface area contributed by atoms with Crippen molar-refractivity contribution in [3.8, 4) is 6.07 Å². The quantitative estimate of drug-likeness (QED) is 0.716. The Morgan fingerprint density at radius 1 is 0.947 bits per heavy atom. The van der Waals surface area contributed by atoms with Gasteiger partial charge in [0.2, 0.25) is 0 Å². The van der Waals surface area contributed by atoms with E-state index in [4.69, 9.17) is 0 Å². The van der Waals surface area contributed by atoms with Crippen molar-refractivity contribution < 1.29 is 0 Å². The van der Waals surface area contributed by atoms with Crippen LogP contribution in [0.25, 0.3) is 11.6 Å². The molecule has 0 saturated carbocycles. The molecule has 0 unspecified atom stereocenters. The van der Waals surface area contributed by atoms with E-state index in [2.05, 4.69) is 24.3 Å². The van der Waals surface area contributed by atoms with E-state index in [1.807, 2.05) is 62.4 Å². The summed E-state index contributed by atoms with van der Waals surface area (Å²) in [4.78, 5) is 0. The van der Waals surface area contributed by atoms with Crippen molar-refractivity contribution in [1.29, 1.82) is 5.26 Å². The molecule has 0 N–H and O–H groups in total. The van der Waals surface area contributed by atoms with Crippen LogP contribution in [-0.4, -0.2) is 0 Å². The molecule has 0 fully saturated rings. The van der Waals surface area contributed by atoms with E-state index in [1.165, 1.54) is 0 Å². The van der Waals surface area contributed by atoms with E-state index in [9.17, 15) is 5.26 Å². The Balaban J connectivity index is 2.54. The van der Waals surface area contributed by atoms with Crippen LogP contribution in [-0.2, 0) is 0 Å². The second kappa shape index (κ2) is 5.54. The number of hydrogen-bond donors (Lipinski definition) is 0. The fraction of sp³-hybridized carbons (Fsp3) is 0.167. The Morgan fingerprint density at radius 3 is 2.00 bits per heavy atom. The summed E-state index contributed by atoms with van der Waals surface area (Å²) in [5, 5.41) is 9.41. The van der Waals surface area contributed by atoms with Crippen molar-refractivity contribution in [3.63, 3.8) is 0 Å². The first-order valence-electron chi connectivity index (χ1n) is 6.37. The SMILES string of the molecule is CC(C)(C#N)/C(=C\c1ccccc1)c1ccccc1. The summed E-state index contributed by atoms with van der Waals surface area (Å²) in [6.07, 6.45) is 2.10. The maximum absolute atomic E-state index is 9.41. The molecule has 0 aliphatic carbocycles. The highest BCUT2D eigenvalue weighted by atomic mass is 14.3. The van der Waals surface area contributed by atoms with Crippen molar-refractivity contribution in [2.45, 2.75) is 13.8 Å². The van der Waals surface area contributed by atoms with Gasteiger partial charge in [0.1, 0.15) is 0 Å². The second-order valence-corrected chi connectivity index (χ2v) is 5.07. The zero-order valence-electron chi connectivity index (χ0n) is 11.3. The summed E-state index contributed by atoms with van der Waals surface area (Å²) in [7, 11) is 0. The average Bonchev–Trinajstić information content (AvgIpc) is 2.46. The van der Waals surface area contributed by atoms with Gasteiger partial charge in [-0.2, -0.15) is 5.26 Å². The van der Waals surface area contributed by atoms with Gasteiger partial charge in [0.15, 0.2) is 0 Å². The second-order valence-electron chi connectivity index (χ2n) is 5.07. The van der Waals surface area contributed by atoms with Gasteiger partial charge in [-0.3, -0.25) is 0 Å². The van der Waals surface area contributed by atoms with Crippen molar-refractivity contribution in [1.82, 2.24) is 0 Å². The van der Waals surface area contributed by atoms with Crippen LogP contribution in [0.2, 0.25) is 0 Å². The average molecular weight is 247 g/mol. The van der Waals surface area contributed by atoms with E-state index >= 15 is 0 Å². The molecule has 0 heterocycles. The Hall–Kier alpha value is -2.33. The van der Waals surface area contributed by atoms with Crippen molar-refractivity contribution >= 4 is 11.6 Å². The van der Waals surface area contributed by atoms with Gasteiger partial charge in [-0.1, -0.05) is 60.7 Å². The van der Waals surface area contributed by atoms with Gasteiger partial charge < -0.3 is 0 Å². The Labute approximate surface area is 114 Å². The predicted octanol–water partition coefficient (Wildman–Crippen LogP) is 4.78. The number of benzene rings is 2. The molecule has 1 heteroatoms.